The van der Waals surface area contributed by atoms with E-state index in [1.807, 2.05) is 0 Å². The lowest BCUT2D eigenvalue weighted by Gasteiger charge is -2.11. The van der Waals surface area contributed by atoms with Gasteiger partial charge in [-0.15, -0.1) is 0 Å². The highest BCUT2D eigenvalue weighted by atomic mass is 16.5. The summed E-state index contributed by atoms with van der Waals surface area (Å²) < 4.78 is 5.69. The van der Waals surface area contributed by atoms with Crippen molar-refractivity contribution in [3.8, 4) is 5.75 Å². The highest BCUT2D eigenvalue weighted by Gasteiger charge is 2.08. The number of rotatable bonds is 1. The van der Waals surface area contributed by atoms with Crippen LogP contribution in [0.25, 0.3) is 32.3 Å². The number of hydrogen-bond acceptors (Lipinski definition) is 1. The molecule has 0 unspecified atom stereocenters. The van der Waals surface area contributed by atoms with E-state index in [9.17, 15) is 0 Å². The van der Waals surface area contributed by atoms with Crippen LogP contribution in [0.1, 0.15) is 0 Å². The van der Waals surface area contributed by atoms with Crippen molar-refractivity contribution in [2.24, 2.45) is 0 Å². The quantitative estimate of drug-likeness (QED) is 0.429. The molecule has 0 spiro atoms. The second-order valence-corrected chi connectivity index (χ2v) is 5.05. The summed E-state index contributed by atoms with van der Waals surface area (Å²) in [7, 11) is 1.75. The molecule has 4 aromatic rings. The van der Waals surface area contributed by atoms with Crippen molar-refractivity contribution in [1.29, 1.82) is 0 Å². The molecule has 0 aliphatic carbocycles. The van der Waals surface area contributed by atoms with E-state index in [2.05, 4.69) is 66.7 Å². The Hall–Kier alpha value is -2.54. The number of hydrogen-bond donors (Lipinski definition) is 0. The van der Waals surface area contributed by atoms with E-state index in [0.717, 1.165) is 11.1 Å². The molecule has 0 radical (unpaired) electrons. The van der Waals surface area contributed by atoms with Gasteiger partial charge in [-0.2, -0.15) is 0 Å². The maximum absolute atomic E-state index is 5.69. The molecule has 0 saturated heterocycles. The Bertz CT molecular complexity index is 933. The molecule has 0 saturated carbocycles. The number of fused-ring (bicyclic) bond motifs is 3. The van der Waals surface area contributed by atoms with E-state index >= 15 is 0 Å². The average molecular weight is 258 g/mol. The zero-order valence-electron chi connectivity index (χ0n) is 11.3. The van der Waals surface area contributed by atoms with Crippen molar-refractivity contribution in [1.82, 2.24) is 0 Å². The summed E-state index contributed by atoms with van der Waals surface area (Å²) in [4.78, 5) is 0. The molecule has 0 N–H and O–H groups in total. The molecule has 0 amide bonds. The summed E-state index contributed by atoms with van der Waals surface area (Å²) in [5.41, 5.74) is 0. The van der Waals surface area contributed by atoms with E-state index in [1.54, 1.807) is 7.11 Å². The average Bonchev–Trinajstić information content (AvgIpc) is 2.50. The zero-order chi connectivity index (χ0) is 13.5. The molecule has 20 heavy (non-hydrogen) atoms. The van der Waals surface area contributed by atoms with Gasteiger partial charge in [-0.05, 0) is 39.7 Å². The predicted octanol–water partition coefficient (Wildman–Crippen LogP) is 5.15. The topological polar surface area (TPSA) is 9.23 Å². The Morgan fingerprint density at radius 3 is 1.95 bits per heavy atom. The van der Waals surface area contributed by atoms with E-state index in [-0.39, 0.29) is 0 Å². The smallest absolute Gasteiger partial charge is 0.134 e. The number of methoxy groups -OCH3 is 1. The lowest BCUT2D eigenvalue weighted by molar-refractivity contribution is 0.424. The first-order valence-corrected chi connectivity index (χ1v) is 6.75. The fraction of sp³-hybridized carbons (Fsp3) is 0.0526. The molecular weight excluding hydrogens is 244 g/mol. The third kappa shape index (κ3) is 1.56. The highest BCUT2D eigenvalue weighted by Crippen LogP contribution is 2.36. The summed E-state index contributed by atoms with van der Waals surface area (Å²) in [6.07, 6.45) is 0. The normalized spacial score (nSPS) is 11.2. The molecule has 0 bridgehead atoms. The summed E-state index contributed by atoms with van der Waals surface area (Å²) in [5.74, 6) is 0.962. The summed E-state index contributed by atoms with van der Waals surface area (Å²) in [5, 5.41) is 7.28. The maximum atomic E-state index is 5.69. The molecule has 1 heteroatoms. The van der Waals surface area contributed by atoms with Gasteiger partial charge in [-0.1, -0.05) is 48.5 Å². The third-order valence-corrected chi connectivity index (χ3v) is 3.88. The van der Waals surface area contributed by atoms with Gasteiger partial charge in [-0.25, -0.2) is 0 Å². The predicted molar refractivity (Wildman–Crippen MR) is 85.5 cm³/mol. The monoisotopic (exact) mass is 258 g/mol. The van der Waals surface area contributed by atoms with Crippen molar-refractivity contribution in [2.75, 3.05) is 7.11 Å². The van der Waals surface area contributed by atoms with Crippen LogP contribution in [0.2, 0.25) is 0 Å². The van der Waals surface area contributed by atoms with Gasteiger partial charge in [0.25, 0.3) is 0 Å². The van der Waals surface area contributed by atoms with Gasteiger partial charge in [0.2, 0.25) is 0 Å². The van der Waals surface area contributed by atoms with Crippen LogP contribution in [0.15, 0.2) is 66.7 Å². The minimum Gasteiger partial charge on any atom is -0.495 e. The lowest BCUT2D eigenvalue weighted by Crippen LogP contribution is -1.88. The fourth-order valence-corrected chi connectivity index (χ4v) is 2.94. The Kier molecular flexibility index (Phi) is 2.40. The van der Waals surface area contributed by atoms with Crippen LogP contribution in [0.5, 0.6) is 5.75 Å². The first-order valence-electron chi connectivity index (χ1n) is 6.75. The van der Waals surface area contributed by atoms with Crippen molar-refractivity contribution in [2.45, 2.75) is 0 Å². The summed E-state index contributed by atoms with van der Waals surface area (Å²) in [6, 6.07) is 23.5. The van der Waals surface area contributed by atoms with E-state index in [1.165, 1.54) is 26.9 Å². The largest absolute Gasteiger partial charge is 0.495 e. The van der Waals surface area contributed by atoms with Crippen LogP contribution in [-0.2, 0) is 0 Å². The first kappa shape index (κ1) is 11.3. The van der Waals surface area contributed by atoms with Gasteiger partial charge in [0.1, 0.15) is 5.75 Å². The van der Waals surface area contributed by atoms with Gasteiger partial charge in [0, 0.05) is 10.8 Å². The van der Waals surface area contributed by atoms with Crippen molar-refractivity contribution < 1.29 is 4.74 Å². The molecule has 0 aromatic heterocycles. The van der Waals surface area contributed by atoms with Gasteiger partial charge < -0.3 is 4.74 Å². The van der Waals surface area contributed by atoms with E-state index < -0.39 is 0 Å². The van der Waals surface area contributed by atoms with Crippen molar-refractivity contribution in [3.63, 3.8) is 0 Å². The van der Waals surface area contributed by atoms with Gasteiger partial charge in [0.15, 0.2) is 0 Å². The van der Waals surface area contributed by atoms with Crippen LogP contribution in [0.4, 0.5) is 0 Å². The molecule has 0 aliphatic rings. The molecular formula is C19H14O. The lowest BCUT2D eigenvalue weighted by atomic mass is 9.98. The SMILES string of the molecule is COc1c2ccccc2cc2cc3ccccc3cc12. The maximum Gasteiger partial charge on any atom is 0.134 e. The minimum absolute atomic E-state index is 0.962. The molecule has 0 heterocycles. The summed E-state index contributed by atoms with van der Waals surface area (Å²) >= 11 is 0. The number of benzene rings is 4. The molecule has 1 nitrogen and oxygen atoms in total. The highest BCUT2D eigenvalue weighted by molar-refractivity contribution is 6.09. The second-order valence-electron chi connectivity index (χ2n) is 5.05. The minimum atomic E-state index is 0.962. The molecule has 4 aromatic carbocycles. The molecule has 0 aliphatic heterocycles. The van der Waals surface area contributed by atoms with Crippen LogP contribution in [0.3, 0.4) is 0 Å². The molecule has 4 rings (SSSR count). The fourth-order valence-electron chi connectivity index (χ4n) is 2.94. The van der Waals surface area contributed by atoms with Gasteiger partial charge >= 0.3 is 0 Å². The number of ether oxygens (including phenoxy) is 1. The Morgan fingerprint density at radius 2 is 1.20 bits per heavy atom. The van der Waals surface area contributed by atoms with Crippen LogP contribution in [-0.4, -0.2) is 7.11 Å². The molecule has 0 atom stereocenters. The van der Waals surface area contributed by atoms with Crippen molar-refractivity contribution in [3.05, 3.63) is 66.7 Å². The summed E-state index contributed by atoms with van der Waals surface area (Å²) in [6.45, 7) is 0. The van der Waals surface area contributed by atoms with Crippen LogP contribution >= 0.6 is 0 Å². The molecule has 96 valence electrons. The van der Waals surface area contributed by atoms with Crippen LogP contribution < -0.4 is 4.74 Å². The van der Waals surface area contributed by atoms with Gasteiger partial charge in [0.05, 0.1) is 7.11 Å². The molecule has 0 fully saturated rings. The van der Waals surface area contributed by atoms with Gasteiger partial charge in [-0.3, -0.25) is 0 Å². The Labute approximate surface area is 117 Å². The van der Waals surface area contributed by atoms with E-state index in [4.69, 9.17) is 4.74 Å². The standard InChI is InChI=1S/C19H14O/c1-20-19-17-9-5-4-8-15(17)11-16-10-13-6-2-3-7-14(13)12-18(16)19/h2-12H,1H3. The first-order chi connectivity index (χ1) is 9.86. The Morgan fingerprint density at radius 1 is 0.600 bits per heavy atom. The third-order valence-electron chi connectivity index (χ3n) is 3.88. The Balaban J connectivity index is 2.25. The van der Waals surface area contributed by atoms with E-state index in [0.29, 0.717) is 0 Å². The van der Waals surface area contributed by atoms with Crippen LogP contribution in [0, 0.1) is 0 Å². The van der Waals surface area contributed by atoms with Crippen molar-refractivity contribution >= 4 is 32.3 Å². The zero-order valence-corrected chi connectivity index (χ0v) is 11.3. The second kappa shape index (κ2) is 4.24.